The summed E-state index contributed by atoms with van der Waals surface area (Å²) in [6.07, 6.45) is 4.94. The molecule has 0 spiro atoms. The molecule has 2 fully saturated rings. The summed E-state index contributed by atoms with van der Waals surface area (Å²) >= 11 is 0. The molecule has 0 radical (unpaired) electrons. The Morgan fingerprint density at radius 3 is 2.69 bits per heavy atom. The molecule has 2 aliphatic rings. The van der Waals surface area contributed by atoms with Crippen molar-refractivity contribution in [1.29, 1.82) is 0 Å². The van der Waals surface area contributed by atoms with Gasteiger partial charge in [0.15, 0.2) is 5.82 Å². The highest BCUT2D eigenvalue weighted by atomic mass is 16.5. The number of likely N-dealkylation sites (tertiary alicyclic amines) is 1. The average Bonchev–Trinajstić information content (AvgIpc) is 3.31. The quantitative estimate of drug-likeness (QED) is 0.816. The van der Waals surface area contributed by atoms with Crippen LogP contribution in [0.2, 0.25) is 0 Å². The van der Waals surface area contributed by atoms with Crippen molar-refractivity contribution in [2.75, 3.05) is 13.1 Å². The van der Waals surface area contributed by atoms with Gasteiger partial charge >= 0.3 is 0 Å². The molecule has 1 aliphatic heterocycles. The molecule has 1 aliphatic carbocycles. The largest absolute Gasteiger partial charge is 0.361 e. The van der Waals surface area contributed by atoms with Crippen LogP contribution >= 0.6 is 0 Å². The fourth-order valence-corrected chi connectivity index (χ4v) is 3.80. The Kier molecular flexibility index (Phi) is 4.54. The number of nitrogens with zero attached hydrogens (tertiary/aromatic N) is 4. The van der Waals surface area contributed by atoms with Gasteiger partial charge in [0.05, 0.1) is 5.69 Å². The van der Waals surface area contributed by atoms with Crippen molar-refractivity contribution < 1.29 is 13.8 Å². The Bertz CT molecular complexity index is 773. The van der Waals surface area contributed by atoms with Crippen LogP contribution < -0.4 is 0 Å². The lowest BCUT2D eigenvalue weighted by molar-refractivity contribution is -0.136. The van der Waals surface area contributed by atoms with Crippen molar-refractivity contribution in [1.82, 2.24) is 20.2 Å². The van der Waals surface area contributed by atoms with Gasteiger partial charge in [-0.3, -0.25) is 4.79 Å². The number of aromatic nitrogens is 3. The first kappa shape index (κ1) is 17.2. The lowest BCUT2D eigenvalue weighted by Gasteiger charge is -2.33. The van der Waals surface area contributed by atoms with Gasteiger partial charge in [-0.2, -0.15) is 4.98 Å². The maximum absolute atomic E-state index is 13.0. The fourth-order valence-electron chi connectivity index (χ4n) is 3.80. The molecule has 1 saturated heterocycles. The molecular weight excluding hydrogens is 332 g/mol. The summed E-state index contributed by atoms with van der Waals surface area (Å²) in [5, 5.41) is 8.17. The summed E-state index contributed by atoms with van der Waals surface area (Å²) in [6.45, 7) is 7.28. The molecular formula is C19H26N4O3. The summed E-state index contributed by atoms with van der Waals surface area (Å²) in [5.74, 6) is 3.07. The molecule has 2 aromatic heterocycles. The van der Waals surface area contributed by atoms with Gasteiger partial charge in [0.25, 0.3) is 0 Å². The zero-order chi connectivity index (χ0) is 18.3. The number of carbonyl (C=O) groups excluding carboxylic acids is 1. The molecule has 4 rings (SSSR count). The monoisotopic (exact) mass is 358 g/mol. The standard InChI is InChI=1S/C19H26N4O3/c1-11(9-16-12(2)21-25-13(16)3)19(24)23-8-4-5-15(10-23)17-20-18(26-22-17)14-6-7-14/h11,14-15H,4-10H2,1-3H3/t11-,15+/m0/s1. The molecule has 0 N–H and O–H groups in total. The predicted octanol–water partition coefficient (Wildman–Crippen LogP) is 3.14. The lowest BCUT2D eigenvalue weighted by Crippen LogP contribution is -2.42. The van der Waals surface area contributed by atoms with Gasteiger partial charge in [0, 0.05) is 36.4 Å². The third-order valence-corrected chi connectivity index (χ3v) is 5.60. The van der Waals surface area contributed by atoms with Crippen molar-refractivity contribution in [2.24, 2.45) is 5.92 Å². The van der Waals surface area contributed by atoms with Crippen LogP contribution in [0, 0.1) is 19.8 Å². The zero-order valence-electron chi connectivity index (χ0n) is 15.7. The number of hydrogen-bond donors (Lipinski definition) is 0. The Balaban J connectivity index is 1.40. The van der Waals surface area contributed by atoms with E-state index >= 15 is 0 Å². The second kappa shape index (κ2) is 6.85. The van der Waals surface area contributed by atoms with E-state index in [0.717, 1.165) is 61.0 Å². The first-order valence-electron chi connectivity index (χ1n) is 9.57. The third kappa shape index (κ3) is 3.39. The zero-order valence-corrected chi connectivity index (χ0v) is 15.7. The van der Waals surface area contributed by atoms with Gasteiger partial charge in [-0.25, -0.2) is 0 Å². The molecule has 7 heteroatoms. The van der Waals surface area contributed by atoms with Crippen molar-refractivity contribution in [2.45, 2.75) is 64.7 Å². The van der Waals surface area contributed by atoms with E-state index in [1.165, 1.54) is 0 Å². The second-order valence-electron chi connectivity index (χ2n) is 7.80. The van der Waals surface area contributed by atoms with Gasteiger partial charge in [-0.1, -0.05) is 17.2 Å². The van der Waals surface area contributed by atoms with Crippen LogP contribution in [0.25, 0.3) is 0 Å². The third-order valence-electron chi connectivity index (χ3n) is 5.60. The normalized spacial score (nSPS) is 21.8. The number of amides is 1. The minimum absolute atomic E-state index is 0.0992. The topological polar surface area (TPSA) is 85.3 Å². The molecule has 140 valence electrons. The van der Waals surface area contributed by atoms with Gasteiger partial charge in [0.1, 0.15) is 5.76 Å². The van der Waals surface area contributed by atoms with Crippen molar-refractivity contribution in [3.8, 4) is 0 Å². The number of aryl methyl sites for hydroxylation is 2. The highest BCUT2D eigenvalue weighted by molar-refractivity contribution is 5.79. The van der Waals surface area contributed by atoms with Crippen molar-refractivity contribution in [3.05, 3.63) is 28.7 Å². The maximum atomic E-state index is 13.0. The van der Waals surface area contributed by atoms with Crippen LogP contribution in [0.5, 0.6) is 0 Å². The van der Waals surface area contributed by atoms with Crippen molar-refractivity contribution >= 4 is 5.91 Å². The number of carbonyl (C=O) groups is 1. The molecule has 0 unspecified atom stereocenters. The number of rotatable bonds is 5. The summed E-state index contributed by atoms with van der Waals surface area (Å²) < 4.78 is 10.6. The Hall–Kier alpha value is -2.18. The maximum Gasteiger partial charge on any atom is 0.229 e. The summed E-state index contributed by atoms with van der Waals surface area (Å²) in [5.41, 5.74) is 1.92. The van der Waals surface area contributed by atoms with E-state index in [1.54, 1.807) is 0 Å². The van der Waals surface area contributed by atoms with E-state index < -0.39 is 0 Å². The van der Waals surface area contributed by atoms with E-state index in [4.69, 9.17) is 9.05 Å². The van der Waals surface area contributed by atoms with Gasteiger partial charge in [-0.05, 0) is 46.0 Å². The van der Waals surface area contributed by atoms with E-state index in [-0.39, 0.29) is 17.7 Å². The minimum atomic E-state index is -0.0992. The van der Waals surface area contributed by atoms with Gasteiger partial charge in [-0.15, -0.1) is 0 Å². The second-order valence-corrected chi connectivity index (χ2v) is 7.80. The molecule has 7 nitrogen and oxygen atoms in total. The molecule has 2 aromatic rings. The van der Waals surface area contributed by atoms with Gasteiger partial charge < -0.3 is 13.9 Å². The molecule has 1 saturated carbocycles. The van der Waals surface area contributed by atoms with E-state index in [0.29, 0.717) is 18.9 Å². The van der Waals surface area contributed by atoms with Crippen molar-refractivity contribution in [3.63, 3.8) is 0 Å². The first-order chi connectivity index (χ1) is 12.5. The average molecular weight is 358 g/mol. The van der Waals surface area contributed by atoms with Crippen LogP contribution in [0.1, 0.15) is 73.2 Å². The number of hydrogen-bond acceptors (Lipinski definition) is 6. The van der Waals surface area contributed by atoms with Crippen LogP contribution in [0.3, 0.4) is 0 Å². The Morgan fingerprint density at radius 1 is 1.19 bits per heavy atom. The Morgan fingerprint density at radius 2 is 2.00 bits per heavy atom. The molecule has 3 heterocycles. The van der Waals surface area contributed by atoms with Gasteiger partial charge in [0.2, 0.25) is 11.8 Å². The molecule has 0 aromatic carbocycles. The van der Waals surface area contributed by atoms with E-state index in [2.05, 4.69) is 15.3 Å². The highest BCUT2D eigenvalue weighted by Crippen LogP contribution is 2.39. The highest BCUT2D eigenvalue weighted by Gasteiger charge is 2.33. The smallest absolute Gasteiger partial charge is 0.229 e. The number of piperidine rings is 1. The van der Waals surface area contributed by atoms with Crippen LogP contribution in [-0.4, -0.2) is 39.2 Å². The Labute approximate surface area is 153 Å². The van der Waals surface area contributed by atoms with Crippen LogP contribution in [0.15, 0.2) is 9.05 Å². The SMILES string of the molecule is Cc1noc(C)c1C[C@H](C)C(=O)N1CCC[C@@H](c2noc(C3CC3)n2)C1. The van der Waals surface area contributed by atoms with Crippen LogP contribution in [0.4, 0.5) is 0 Å². The van der Waals surface area contributed by atoms with Crippen LogP contribution in [-0.2, 0) is 11.2 Å². The molecule has 1 amide bonds. The summed E-state index contributed by atoms with van der Waals surface area (Å²) in [4.78, 5) is 19.5. The fraction of sp³-hybridized carbons (Fsp3) is 0.684. The summed E-state index contributed by atoms with van der Waals surface area (Å²) in [6, 6.07) is 0. The van der Waals surface area contributed by atoms with E-state index in [9.17, 15) is 4.79 Å². The minimum Gasteiger partial charge on any atom is -0.361 e. The molecule has 2 atom stereocenters. The lowest BCUT2D eigenvalue weighted by atomic mass is 9.94. The van der Waals surface area contributed by atoms with E-state index in [1.807, 2.05) is 25.7 Å². The predicted molar refractivity (Wildman–Crippen MR) is 93.7 cm³/mol. The summed E-state index contributed by atoms with van der Waals surface area (Å²) in [7, 11) is 0. The molecule has 26 heavy (non-hydrogen) atoms. The first-order valence-corrected chi connectivity index (χ1v) is 9.57. The molecule has 0 bridgehead atoms.